The number of carbonyl (C=O) groups is 2. The number of carbonyl (C=O) groups excluding carboxylic acids is 2. The molecule has 2 aromatic heterocycles. The van der Waals surface area contributed by atoms with E-state index in [9.17, 15) is 9.59 Å². The lowest BCUT2D eigenvalue weighted by Gasteiger charge is -2.34. The molecule has 0 bridgehead atoms. The van der Waals surface area contributed by atoms with E-state index in [0.717, 1.165) is 18.2 Å². The number of ether oxygens (including phenoxy) is 1. The number of hydrogen-bond acceptors (Lipinski definition) is 7. The summed E-state index contributed by atoms with van der Waals surface area (Å²) in [6.07, 6.45) is 1.79. The highest BCUT2D eigenvalue weighted by molar-refractivity contribution is 7.15. The van der Waals surface area contributed by atoms with Gasteiger partial charge in [-0.15, -0.1) is 22.7 Å². The molecule has 1 aliphatic rings. The van der Waals surface area contributed by atoms with Crippen LogP contribution in [0, 0.1) is 0 Å². The van der Waals surface area contributed by atoms with E-state index in [2.05, 4.69) is 14.6 Å². The maximum absolute atomic E-state index is 12.5. The van der Waals surface area contributed by atoms with Gasteiger partial charge in [0.2, 0.25) is 0 Å². The van der Waals surface area contributed by atoms with Gasteiger partial charge in [0, 0.05) is 37.8 Å². The maximum Gasteiger partial charge on any atom is 0.348 e. The summed E-state index contributed by atoms with van der Waals surface area (Å²) in [6.45, 7) is 2.86. The molecule has 1 fully saturated rings. The predicted molar refractivity (Wildman–Crippen MR) is 85.9 cm³/mol. The Kier molecular flexibility index (Phi) is 4.39. The van der Waals surface area contributed by atoms with Gasteiger partial charge in [-0.05, 0) is 12.1 Å². The van der Waals surface area contributed by atoms with Crippen molar-refractivity contribution in [3.05, 3.63) is 33.5 Å². The second kappa shape index (κ2) is 6.45. The van der Waals surface area contributed by atoms with E-state index in [1.165, 1.54) is 18.4 Å². The van der Waals surface area contributed by atoms with Gasteiger partial charge >= 0.3 is 5.97 Å². The third-order valence-electron chi connectivity index (χ3n) is 3.46. The molecule has 0 saturated carbocycles. The van der Waals surface area contributed by atoms with Gasteiger partial charge in [-0.3, -0.25) is 4.79 Å². The third kappa shape index (κ3) is 2.97. The van der Waals surface area contributed by atoms with E-state index in [-0.39, 0.29) is 5.91 Å². The SMILES string of the molecule is COC(=O)c1ccc(C(=O)N2CCN(c3nccs3)CC2)s1. The number of anilines is 1. The maximum atomic E-state index is 12.5. The van der Waals surface area contributed by atoms with Crippen molar-refractivity contribution in [3.63, 3.8) is 0 Å². The molecule has 2 aromatic rings. The smallest absolute Gasteiger partial charge is 0.348 e. The van der Waals surface area contributed by atoms with Crippen molar-refractivity contribution in [2.24, 2.45) is 0 Å². The predicted octanol–water partition coefficient (Wildman–Crippen LogP) is 1.95. The number of esters is 1. The molecule has 116 valence electrons. The summed E-state index contributed by atoms with van der Waals surface area (Å²) in [4.78, 5) is 33.2. The second-order valence-electron chi connectivity index (χ2n) is 4.75. The molecule has 0 atom stereocenters. The van der Waals surface area contributed by atoms with E-state index in [1.54, 1.807) is 29.7 Å². The first-order chi connectivity index (χ1) is 10.7. The zero-order chi connectivity index (χ0) is 15.5. The van der Waals surface area contributed by atoms with Crippen LogP contribution in [-0.2, 0) is 4.74 Å². The van der Waals surface area contributed by atoms with Crippen molar-refractivity contribution in [2.45, 2.75) is 0 Å². The van der Waals surface area contributed by atoms with Crippen molar-refractivity contribution < 1.29 is 14.3 Å². The lowest BCUT2D eigenvalue weighted by molar-refractivity contribution is 0.0606. The molecular weight excluding hydrogens is 322 g/mol. The summed E-state index contributed by atoms with van der Waals surface area (Å²) in [5.41, 5.74) is 0. The normalized spacial score (nSPS) is 15.0. The highest BCUT2D eigenvalue weighted by Crippen LogP contribution is 2.22. The van der Waals surface area contributed by atoms with Gasteiger partial charge in [0.15, 0.2) is 5.13 Å². The molecule has 0 spiro atoms. The van der Waals surface area contributed by atoms with E-state index >= 15 is 0 Å². The number of rotatable bonds is 3. The Hall–Kier alpha value is -1.93. The number of thiophene rings is 1. The fraction of sp³-hybridized carbons (Fsp3) is 0.357. The molecule has 3 heterocycles. The molecule has 0 N–H and O–H groups in total. The van der Waals surface area contributed by atoms with Gasteiger partial charge in [0.25, 0.3) is 5.91 Å². The van der Waals surface area contributed by atoms with Crippen molar-refractivity contribution in [3.8, 4) is 0 Å². The number of thiazole rings is 1. The average Bonchev–Trinajstić information content (AvgIpc) is 3.25. The van der Waals surface area contributed by atoms with Crippen LogP contribution in [0.25, 0.3) is 0 Å². The standard InChI is InChI=1S/C14H15N3O3S2/c1-20-13(19)11-3-2-10(22-11)12(18)16-5-7-17(8-6-16)14-15-4-9-21-14/h2-4,9H,5-8H2,1H3. The third-order valence-corrected chi connectivity index (χ3v) is 5.35. The van der Waals surface area contributed by atoms with Crippen LogP contribution in [0.4, 0.5) is 5.13 Å². The lowest BCUT2D eigenvalue weighted by Crippen LogP contribution is -2.48. The van der Waals surface area contributed by atoms with Gasteiger partial charge in [-0.2, -0.15) is 0 Å². The van der Waals surface area contributed by atoms with Crippen LogP contribution in [0.2, 0.25) is 0 Å². The molecule has 0 aromatic carbocycles. The van der Waals surface area contributed by atoms with Gasteiger partial charge in [0.05, 0.1) is 12.0 Å². The zero-order valence-electron chi connectivity index (χ0n) is 12.0. The van der Waals surface area contributed by atoms with Crippen LogP contribution in [0.1, 0.15) is 19.3 Å². The Balaban J connectivity index is 1.62. The number of methoxy groups -OCH3 is 1. The van der Waals surface area contributed by atoms with Gasteiger partial charge < -0.3 is 14.5 Å². The molecule has 1 amide bonds. The Morgan fingerprint density at radius 3 is 2.55 bits per heavy atom. The van der Waals surface area contributed by atoms with Gasteiger partial charge in [0.1, 0.15) is 4.88 Å². The molecule has 0 aliphatic carbocycles. The first-order valence-electron chi connectivity index (χ1n) is 6.81. The average molecular weight is 337 g/mol. The minimum atomic E-state index is -0.405. The minimum absolute atomic E-state index is 0.0288. The summed E-state index contributed by atoms with van der Waals surface area (Å²) in [7, 11) is 1.33. The van der Waals surface area contributed by atoms with Crippen molar-refractivity contribution in [1.82, 2.24) is 9.88 Å². The number of amides is 1. The second-order valence-corrected chi connectivity index (χ2v) is 6.71. The summed E-state index contributed by atoms with van der Waals surface area (Å²) < 4.78 is 4.66. The topological polar surface area (TPSA) is 62.7 Å². The molecular formula is C14H15N3O3S2. The van der Waals surface area contributed by atoms with Crippen molar-refractivity contribution >= 4 is 39.7 Å². The van der Waals surface area contributed by atoms with Gasteiger partial charge in [-0.25, -0.2) is 9.78 Å². The molecule has 1 aliphatic heterocycles. The molecule has 8 heteroatoms. The van der Waals surface area contributed by atoms with Crippen LogP contribution < -0.4 is 4.90 Å². The molecule has 6 nitrogen and oxygen atoms in total. The fourth-order valence-corrected chi connectivity index (χ4v) is 3.88. The van der Waals surface area contributed by atoms with E-state index in [4.69, 9.17) is 0 Å². The molecule has 1 saturated heterocycles. The molecule has 3 rings (SSSR count). The monoisotopic (exact) mass is 337 g/mol. The summed E-state index contributed by atoms with van der Waals surface area (Å²) in [6, 6.07) is 3.32. The zero-order valence-corrected chi connectivity index (χ0v) is 13.7. The number of hydrogen-bond donors (Lipinski definition) is 0. The minimum Gasteiger partial charge on any atom is -0.465 e. The number of nitrogens with zero attached hydrogens (tertiary/aromatic N) is 3. The van der Waals surface area contributed by atoms with Crippen LogP contribution in [-0.4, -0.2) is 55.0 Å². The first kappa shape index (κ1) is 15.0. The summed E-state index contributed by atoms with van der Waals surface area (Å²) in [5, 5.41) is 2.95. The Labute approximate surface area is 135 Å². The largest absolute Gasteiger partial charge is 0.465 e. The number of piperazine rings is 1. The highest BCUT2D eigenvalue weighted by Gasteiger charge is 2.24. The highest BCUT2D eigenvalue weighted by atomic mass is 32.1. The lowest BCUT2D eigenvalue weighted by atomic mass is 10.3. The van der Waals surface area contributed by atoms with E-state index in [0.29, 0.717) is 22.8 Å². The van der Waals surface area contributed by atoms with Crippen molar-refractivity contribution in [1.29, 1.82) is 0 Å². The molecule has 0 radical (unpaired) electrons. The summed E-state index contributed by atoms with van der Waals surface area (Å²) in [5.74, 6) is -0.434. The van der Waals surface area contributed by atoms with Crippen LogP contribution >= 0.6 is 22.7 Å². The van der Waals surface area contributed by atoms with E-state index in [1.807, 2.05) is 10.3 Å². The fourth-order valence-electron chi connectivity index (χ4n) is 2.29. The van der Waals surface area contributed by atoms with Crippen LogP contribution in [0.3, 0.4) is 0 Å². The number of aromatic nitrogens is 1. The molecule has 0 unspecified atom stereocenters. The van der Waals surface area contributed by atoms with Crippen LogP contribution in [0.5, 0.6) is 0 Å². The Morgan fingerprint density at radius 1 is 1.18 bits per heavy atom. The Morgan fingerprint density at radius 2 is 1.91 bits per heavy atom. The van der Waals surface area contributed by atoms with E-state index < -0.39 is 5.97 Å². The van der Waals surface area contributed by atoms with Crippen molar-refractivity contribution in [2.75, 3.05) is 38.2 Å². The quantitative estimate of drug-likeness (QED) is 0.801. The van der Waals surface area contributed by atoms with Crippen LogP contribution in [0.15, 0.2) is 23.7 Å². The summed E-state index contributed by atoms with van der Waals surface area (Å²) >= 11 is 2.78. The first-order valence-corrected chi connectivity index (χ1v) is 8.50. The Bertz CT molecular complexity index is 661. The molecule has 22 heavy (non-hydrogen) atoms. The van der Waals surface area contributed by atoms with Gasteiger partial charge in [-0.1, -0.05) is 0 Å².